The molecule has 3 atom stereocenters. The van der Waals surface area contributed by atoms with Crippen molar-refractivity contribution in [2.45, 2.75) is 31.2 Å². The molecule has 2 aromatic rings. The van der Waals surface area contributed by atoms with Crippen LogP contribution < -0.4 is 14.4 Å². The summed E-state index contributed by atoms with van der Waals surface area (Å²) in [5, 5.41) is 34.3. The minimum absolute atomic E-state index is 0.0200. The number of aliphatic carboxylic acids is 1. The normalized spacial score (nSPS) is 19.4. The first-order valence-electron chi connectivity index (χ1n) is 11.8. The smallest absolute Gasteiger partial charge is 0.416 e. The molecule has 1 unspecified atom stereocenters. The van der Waals surface area contributed by atoms with Crippen molar-refractivity contribution < 1.29 is 43.9 Å². The summed E-state index contributed by atoms with van der Waals surface area (Å²) in [5.74, 6) is -1.47. The van der Waals surface area contributed by atoms with Crippen LogP contribution in [0.5, 0.6) is 11.5 Å². The van der Waals surface area contributed by atoms with Crippen molar-refractivity contribution in [3.05, 3.63) is 58.8 Å². The number of aliphatic hydroxyl groups excluding tert-OH is 2. The first-order valence-corrected chi connectivity index (χ1v) is 12.7. The molecule has 4 rings (SSSR count). The van der Waals surface area contributed by atoms with Crippen molar-refractivity contribution in [3.8, 4) is 11.5 Å². The maximum absolute atomic E-state index is 13.7. The lowest BCUT2D eigenvalue weighted by atomic mass is 9.94. The van der Waals surface area contributed by atoms with Crippen molar-refractivity contribution in [1.82, 2.24) is 4.90 Å². The molecule has 0 spiro atoms. The number of methoxy groups -OCH3 is 1. The van der Waals surface area contributed by atoms with Gasteiger partial charge in [0.1, 0.15) is 13.2 Å². The zero-order chi connectivity index (χ0) is 27.4. The van der Waals surface area contributed by atoms with E-state index in [-0.39, 0.29) is 42.5 Å². The third kappa shape index (κ3) is 5.52. The fourth-order valence-corrected chi connectivity index (χ4v) is 5.14. The molecule has 2 aliphatic rings. The molecule has 0 aliphatic carbocycles. The molecule has 1 aromatic heterocycles. The number of amides is 2. The lowest BCUT2D eigenvalue weighted by Crippen LogP contribution is -2.54. The van der Waals surface area contributed by atoms with Crippen molar-refractivity contribution >= 4 is 40.6 Å². The Labute approximate surface area is 222 Å². The Morgan fingerprint density at radius 2 is 2.11 bits per heavy atom. The molecule has 0 fully saturated rings. The van der Waals surface area contributed by atoms with Crippen LogP contribution in [0.15, 0.2) is 47.7 Å². The number of ether oxygens (including phenoxy) is 3. The number of fused-ring (bicyclic) bond motifs is 2. The Kier molecular flexibility index (Phi) is 8.35. The molecule has 12 heteroatoms. The average molecular weight is 545 g/mol. The molecule has 0 radical (unpaired) electrons. The quantitative estimate of drug-likeness (QED) is 0.406. The van der Waals surface area contributed by atoms with Crippen molar-refractivity contribution in [3.63, 3.8) is 0 Å². The monoisotopic (exact) mass is 544 g/mol. The van der Waals surface area contributed by atoms with Crippen molar-refractivity contribution in [1.29, 1.82) is 0 Å². The van der Waals surface area contributed by atoms with E-state index >= 15 is 0 Å². The second-order valence-electron chi connectivity index (χ2n) is 8.70. The van der Waals surface area contributed by atoms with Gasteiger partial charge in [-0.3, -0.25) is 9.59 Å². The topological polar surface area (TPSA) is 146 Å². The lowest BCUT2D eigenvalue weighted by Gasteiger charge is -2.38. The van der Waals surface area contributed by atoms with Gasteiger partial charge in [0, 0.05) is 12.6 Å². The number of rotatable bonds is 9. The van der Waals surface area contributed by atoms with E-state index < -0.39 is 42.8 Å². The van der Waals surface area contributed by atoms with E-state index in [9.17, 15) is 24.6 Å². The molecule has 2 aliphatic heterocycles. The standard InChI is InChI=1S/C26H28N2O9S/c1-3-7-36-26(34)28-19-12-22(37-13-17(29)10-23(30)31)21(35-2)11-18(19)24(32)27-6-4-15(9-20(27)25(28)33)16-5-8-38-14-16/h3-5,8,11-12,14,17,20,25,29,33H,1,6-7,9-10,13H2,2H3,(H,30,31)/t17-,20-,25?/m0/s1. The van der Waals surface area contributed by atoms with Crippen LogP contribution in [0.2, 0.25) is 0 Å². The van der Waals surface area contributed by atoms with E-state index in [2.05, 4.69) is 6.58 Å². The maximum atomic E-state index is 13.7. The summed E-state index contributed by atoms with van der Waals surface area (Å²) >= 11 is 1.53. The van der Waals surface area contributed by atoms with Crippen LogP contribution in [-0.4, -0.2) is 83.4 Å². The van der Waals surface area contributed by atoms with Crippen LogP contribution >= 0.6 is 11.3 Å². The number of aliphatic hydroxyl groups is 2. The van der Waals surface area contributed by atoms with Crippen LogP contribution in [0.4, 0.5) is 10.5 Å². The third-order valence-corrected chi connectivity index (χ3v) is 6.94. The first-order chi connectivity index (χ1) is 18.2. The van der Waals surface area contributed by atoms with Gasteiger partial charge in [-0.25, -0.2) is 9.69 Å². The molecule has 38 heavy (non-hydrogen) atoms. The Hall–Kier alpha value is -3.87. The number of nitrogens with zero attached hydrogens (tertiary/aromatic N) is 2. The van der Waals surface area contributed by atoms with Crippen LogP contribution in [0.25, 0.3) is 5.57 Å². The lowest BCUT2D eigenvalue weighted by molar-refractivity contribution is -0.139. The number of carbonyl (C=O) groups excluding carboxylic acids is 2. The van der Waals surface area contributed by atoms with Crippen molar-refractivity contribution in [2.24, 2.45) is 0 Å². The van der Waals surface area contributed by atoms with Gasteiger partial charge in [0.25, 0.3) is 5.91 Å². The van der Waals surface area contributed by atoms with Gasteiger partial charge in [0.15, 0.2) is 17.7 Å². The molecule has 0 saturated carbocycles. The zero-order valence-corrected chi connectivity index (χ0v) is 21.4. The fraction of sp³-hybridized carbons (Fsp3) is 0.346. The van der Waals surface area contributed by atoms with Gasteiger partial charge in [-0.05, 0) is 40.5 Å². The van der Waals surface area contributed by atoms with Gasteiger partial charge in [0.2, 0.25) is 0 Å². The highest BCUT2D eigenvalue weighted by molar-refractivity contribution is 7.08. The van der Waals surface area contributed by atoms with E-state index in [0.717, 1.165) is 16.0 Å². The SMILES string of the molecule is C=CCOC(=O)N1c2cc(OC[C@@H](O)CC(=O)O)c(OC)cc2C(=O)N2CC=C(c3ccsc3)C[C@H]2C1O. The molecular formula is C26H28N2O9S. The number of thiophene rings is 1. The minimum Gasteiger partial charge on any atom is -0.493 e. The summed E-state index contributed by atoms with van der Waals surface area (Å²) in [5.41, 5.74) is 2.02. The summed E-state index contributed by atoms with van der Waals surface area (Å²) < 4.78 is 16.3. The Morgan fingerprint density at radius 3 is 2.76 bits per heavy atom. The van der Waals surface area contributed by atoms with Crippen LogP contribution in [0.1, 0.15) is 28.8 Å². The van der Waals surface area contributed by atoms with Gasteiger partial charge in [0.05, 0.1) is 36.9 Å². The van der Waals surface area contributed by atoms with Gasteiger partial charge >= 0.3 is 12.1 Å². The highest BCUT2D eigenvalue weighted by Gasteiger charge is 2.44. The maximum Gasteiger partial charge on any atom is 0.416 e. The second kappa shape index (κ2) is 11.7. The summed E-state index contributed by atoms with van der Waals surface area (Å²) in [6.45, 7) is 3.24. The third-order valence-electron chi connectivity index (χ3n) is 6.26. The highest BCUT2D eigenvalue weighted by Crippen LogP contribution is 2.42. The fourth-order valence-electron chi connectivity index (χ4n) is 4.46. The van der Waals surface area contributed by atoms with Gasteiger partial charge in [-0.1, -0.05) is 18.7 Å². The summed E-state index contributed by atoms with van der Waals surface area (Å²) in [6.07, 6.45) is -0.628. The molecule has 3 N–H and O–H groups in total. The predicted octanol–water partition coefficient (Wildman–Crippen LogP) is 2.73. The number of carboxylic acid groups (broad SMARTS) is 1. The second-order valence-corrected chi connectivity index (χ2v) is 9.48. The van der Waals surface area contributed by atoms with Gasteiger partial charge in [-0.2, -0.15) is 11.3 Å². The molecule has 0 bridgehead atoms. The Morgan fingerprint density at radius 1 is 1.32 bits per heavy atom. The highest BCUT2D eigenvalue weighted by atomic mass is 32.1. The van der Waals surface area contributed by atoms with Crippen LogP contribution in [0, 0.1) is 0 Å². The average Bonchev–Trinajstić information content (AvgIpc) is 3.42. The largest absolute Gasteiger partial charge is 0.493 e. The molecule has 1 aromatic carbocycles. The van der Waals surface area contributed by atoms with Crippen molar-refractivity contribution in [2.75, 3.05) is 31.8 Å². The Bertz CT molecular complexity index is 1240. The molecule has 202 valence electrons. The molecule has 2 amide bonds. The van der Waals surface area contributed by atoms with E-state index in [0.29, 0.717) is 6.42 Å². The minimum atomic E-state index is -1.47. The summed E-state index contributed by atoms with van der Waals surface area (Å²) in [7, 11) is 1.36. The van der Waals surface area contributed by atoms with Gasteiger partial charge < -0.3 is 34.4 Å². The predicted molar refractivity (Wildman–Crippen MR) is 139 cm³/mol. The van der Waals surface area contributed by atoms with Crippen LogP contribution in [0.3, 0.4) is 0 Å². The zero-order valence-electron chi connectivity index (χ0n) is 20.6. The number of hydrogen-bond donors (Lipinski definition) is 3. The number of carbonyl (C=O) groups is 3. The summed E-state index contributed by atoms with van der Waals surface area (Å²) in [4.78, 5) is 40.3. The molecular weight excluding hydrogens is 516 g/mol. The van der Waals surface area contributed by atoms with E-state index in [4.69, 9.17) is 19.3 Å². The number of benzene rings is 1. The van der Waals surface area contributed by atoms with E-state index in [1.165, 1.54) is 41.6 Å². The molecule has 0 saturated heterocycles. The molecule has 11 nitrogen and oxygen atoms in total. The Balaban J connectivity index is 1.76. The van der Waals surface area contributed by atoms with E-state index in [1.807, 2.05) is 22.9 Å². The number of carboxylic acids is 1. The summed E-state index contributed by atoms with van der Waals surface area (Å²) in [6, 6.07) is 3.90. The van der Waals surface area contributed by atoms with Crippen LogP contribution in [-0.2, 0) is 9.53 Å². The number of hydrogen-bond acceptors (Lipinski definition) is 9. The molecule has 3 heterocycles. The van der Waals surface area contributed by atoms with E-state index in [1.54, 1.807) is 0 Å². The number of anilines is 1. The first kappa shape index (κ1) is 27.2. The van der Waals surface area contributed by atoms with Gasteiger partial charge in [-0.15, -0.1) is 0 Å².